The SMILES string of the molecule is COc1cc2c(cc1O)CCN(C)C2CCc1ccc(Cl)cc1. The highest BCUT2D eigenvalue weighted by atomic mass is 35.5. The van der Waals surface area contributed by atoms with Gasteiger partial charge in [0.2, 0.25) is 0 Å². The molecule has 0 fully saturated rings. The standard InChI is InChI=1S/C19H22ClNO2/c1-21-10-9-14-11-18(22)19(23-2)12-16(14)17(21)8-5-13-3-6-15(20)7-4-13/h3-4,6-7,11-12,17,22H,5,8-10H2,1-2H3. The second-order valence-corrected chi connectivity index (χ2v) is 6.57. The Hall–Kier alpha value is -1.71. The fraction of sp³-hybridized carbons (Fsp3) is 0.368. The van der Waals surface area contributed by atoms with Crippen molar-refractivity contribution >= 4 is 11.6 Å². The van der Waals surface area contributed by atoms with Crippen LogP contribution in [0.5, 0.6) is 11.5 Å². The second kappa shape index (κ2) is 6.81. The Bertz CT molecular complexity index is 685. The number of phenols is 1. The summed E-state index contributed by atoms with van der Waals surface area (Å²) in [6, 6.07) is 12.2. The normalized spacial score (nSPS) is 17.8. The maximum absolute atomic E-state index is 10.0. The Balaban J connectivity index is 1.83. The molecule has 1 atom stereocenters. The van der Waals surface area contributed by atoms with Crippen molar-refractivity contribution in [2.24, 2.45) is 0 Å². The molecule has 1 heterocycles. The molecule has 0 amide bonds. The van der Waals surface area contributed by atoms with Crippen LogP contribution >= 0.6 is 11.6 Å². The van der Waals surface area contributed by atoms with E-state index in [9.17, 15) is 5.11 Å². The first-order valence-corrected chi connectivity index (χ1v) is 8.30. The average molecular weight is 332 g/mol. The predicted molar refractivity (Wildman–Crippen MR) is 93.5 cm³/mol. The molecule has 3 nitrogen and oxygen atoms in total. The maximum Gasteiger partial charge on any atom is 0.160 e. The van der Waals surface area contributed by atoms with Gasteiger partial charge in [0, 0.05) is 17.6 Å². The molecule has 0 saturated carbocycles. The van der Waals surface area contributed by atoms with Crippen LogP contribution in [0.25, 0.3) is 0 Å². The number of hydrogen-bond donors (Lipinski definition) is 1. The smallest absolute Gasteiger partial charge is 0.160 e. The Morgan fingerprint density at radius 1 is 1.26 bits per heavy atom. The van der Waals surface area contributed by atoms with Gasteiger partial charge in [-0.25, -0.2) is 0 Å². The molecule has 1 aliphatic rings. The number of methoxy groups -OCH3 is 1. The Morgan fingerprint density at radius 3 is 2.70 bits per heavy atom. The van der Waals surface area contributed by atoms with Gasteiger partial charge in [-0.1, -0.05) is 23.7 Å². The van der Waals surface area contributed by atoms with E-state index in [-0.39, 0.29) is 5.75 Å². The Labute approximate surface area is 142 Å². The van der Waals surface area contributed by atoms with Gasteiger partial charge >= 0.3 is 0 Å². The largest absolute Gasteiger partial charge is 0.504 e. The third-order valence-electron chi connectivity index (χ3n) is 4.69. The molecule has 0 radical (unpaired) electrons. The van der Waals surface area contributed by atoms with Gasteiger partial charge in [0.05, 0.1) is 7.11 Å². The summed E-state index contributed by atoms with van der Waals surface area (Å²) in [4.78, 5) is 2.38. The number of aryl methyl sites for hydroxylation is 1. The van der Waals surface area contributed by atoms with Gasteiger partial charge in [-0.15, -0.1) is 0 Å². The van der Waals surface area contributed by atoms with Crippen LogP contribution < -0.4 is 4.74 Å². The molecule has 122 valence electrons. The van der Waals surface area contributed by atoms with Crippen LogP contribution in [-0.4, -0.2) is 30.7 Å². The fourth-order valence-electron chi connectivity index (χ4n) is 3.34. The molecule has 4 heteroatoms. The van der Waals surface area contributed by atoms with E-state index in [1.54, 1.807) is 7.11 Å². The monoisotopic (exact) mass is 331 g/mol. The van der Waals surface area contributed by atoms with Gasteiger partial charge < -0.3 is 9.84 Å². The number of fused-ring (bicyclic) bond motifs is 1. The van der Waals surface area contributed by atoms with E-state index in [1.165, 1.54) is 16.7 Å². The maximum atomic E-state index is 10.0. The van der Waals surface area contributed by atoms with Crippen molar-refractivity contribution in [3.05, 3.63) is 58.1 Å². The highest BCUT2D eigenvalue weighted by Crippen LogP contribution is 2.38. The van der Waals surface area contributed by atoms with E-state index in [0.717, 1.165) is 30.8 Å². The molecule has 0 spiro atoms. The molecule has 2 aromatic rings. The first kappa shape index (κ1) is 16.2. The summed E-state index contributed by atoms with van der Waals surface area (Å²) >= 11 is 5.95. The zero-order valence-electron chi connectivity index (χ0n) is 13.6. The summed E-state index contributed by atoms with van der Waals surface area (Å²) in [7, 11) is 3.76. The molecule has 1 unspecified atom stereocenters. The molecular formula is C19H22ClNO2. The number of phenolic OH excluding ortho intramolecular Hbond substituents is 1. The van der Waals surface area contributed by atoms with Crippen molar-refractivity contribution in [3.63, 3.8) is 0 Å². The van der Waals surface area contributed by atoms with Crippen molar-refractivity contribution in [2.45, 2.75) is 25.3 Å². The summed E-state index contributed by atoms with van der Waals surface area (Å²) in [6.45, 7) is 1.00. The summed E-state index contributed by atoms with van der Waals surface area (Å²) in [5.74, 6) is 0.780. The first-order chi connectivity index (χ1) is 11.1. The van der Waals surface area contributed by atoms with Crippen LogP contribution in [0.4, 0.5) is 0 Å². The lowest BCUT2D eigenvalue weighted by Gasteiger charge is -2.35. The van der Waals surface area contributed by atoms with E-state index >= 15 is 0 Å². The summed E-state index contributed by atoms with van der Waals surface area (Å²) in [6.07, 6.45) is 2.98. The molecule has 2 aromatic carbocycles. The predicted octanol–water partition coefficient (Wildman–Crippen LogP) is 4.22. The minimum atomic E-state index is 0.229. The van der Waals surface area contributed by atoms with Crippen LogP contribution in [0, 0.1) is 0 Å². The van der Waals surface area contributed by atoms with Gasteiger partial charge in [0.25, 0.3) is 0 Å². The number of aromatic hydroxyl groups is 1. The van der Waals surface area contributed by atoms with Crippen LogP contribution in [0.3, 0.4) is 0 Å². The number of likely N-dealkylation sites (N-methyl/N-ethyl adjacent to an activating group) is 1. The molecule has 0 bridgehead atoms. The van der Waals surface area contributed by atoms with E-state index in [4.69, 9.17) is 16.3 Å². The quantitative estimate of drug-likeness (QED) is 0.910. The number of halogens is 1. The molecule has 1 N–H and O–H groups in total. The number of nitrogens with zero attached hydrogens (tertiary/aromatic N) is 1. The molecule has 0 aromatic heterocycles. The Kier molecular flexibility index (Phi) is 4.79. The fourth-order valence-corrected chi connectivity index (χ4v) is 3.46. The topological polar surface area (TPSA) is 32.7 Å². The van der Waals surface area contributed by atoms with Gasteiger partial charge in [0.15, 0.2) is 11.5 Å². The molecule has 0 saturated heterocycles. The minimum Gasteiger partial charge on any atom is -0.504 e. The number of ether oxygens (including phenoxy) is 1. The van der Waals surface area contributed by atoms with Crippen LogP contribution in [-0.2, 0) is 12.8 Å². The van der Waals surface area contributed by atoms with Gasteiger partial charge in [-0.3, -0.25) is 4.90 Å². The Morgan fingerprint density at radius 2 is 2.00 bits per heavy atom. The molecule has 1 aliphatic heterocycles. The van der Waals surface area contributed by atoms with Crippen molar-refractivity contribution in [1.29, 1.82) is 0 Å². The average Bonchev–Trinajstić information content (AvgIpc) is 2.55. The van der Waals surface area contributed by atoms with E-state index in [2.05, 4.69) is 24.1 Å². The highest BCUT2D eigenvalue weighted by Gasteiger charge is 2.26. The third-order valence-corrected chi connectivity index (χ3v) is 4.94. The number of hydrogen-bond acceptors (Lipinski definition) is 3. The van der Waals surface area contributed by atoms with Gasteiger partial charge in [-0.05, 0) is 67.3 Å². The minimum absolute atomic E-state index is 0.229. The summed E-state index contributed by atoms with van der Waals surface area (Å²) < 4.78 is 5.29. The second-order valence-electron chi connectivity index (χ2n) is 6.13. The van der Waals surface area contributed by atoms with Gasteiger partial charge in [0.1, 0.15) is 0 Å². The molecule has 3 rings (SSSR count). The number of benzene rings is 2. The van der Waals surface area contributed by atoms with E-state index in [1.807, 2.05) is 24.3 Å². The lowest BCUT2D eigenvalue weighted by Crippen LogP contribution is -2.32. The summed E-state index contributed by atoms with van der Waals surface area (Å²) in [5, 5.41) is 10.8. The molecular weight excluding hydrogens is 310 g/mol. The van der Waals surface area contributed by atoms with Crippen molar-refractivity contribution in [1.82, 2.24) is 4.90 Å². The first-order valence-electron chi connectivity index (χ1n) is 7.93. The van der Waals surface area contributed by atoms with Crippen LogP contribution in [0.1, 0.15) is 29.2 Å². The zero-order chi connectivity index (χ0) is 16.4. The van der Waals surface area contributed by atoms with E-state index in [0.29, 0.717) is 11.8 Å². The van der Waals surface area contributed by atoms with Crippen molar-refractivity contribution < 1.29 is 9.84 Å². The lowest BCUT2D eigenvalue weighted by molar-refractivity contribution is 0.218. The summed E-state index contributed by atoms with van der Waals surface area (Å²) in [5.41, 5.74) is 3.78. The zero-order valence-corrected chi connectivity index (χ0v) is 14.3. The van der Waals surface area contributed by atoms with E-state index < -0.39 is 0 Å². The number of rotatable bonds is 4. The third kappa shape index (κ3) is 3.46. The van der Waals surface area contributed by atoms with Crippen molar-refractivity contribution in [3.8, 4) is 11.5 Å². The lowest BCUT2D eigenvalue weighted by atomic mass is 9.89. The van der Waals surface area contributed by atoms with Gasteiger partial charge in [-0.2, -0.15) is 0 Å². The van der Waals surface area contributed by atoms with Crippen molar-refractivity contribution in [2.75, 3.05) is 20.7 Å². The highest BCUT2D eigenvalue weighted by molar-refractivity contribution is 6.30. The van der Waals surface area contributed by atoms with Crippen LogP contribution in [0.15, 0.2) is 36.4 Å². The molecule has 0 aliphatic carbocycles. The molecule has 23 heavy (non-hydrogen) atoms. The van der Waals surface area contributed by atoms with Crippen LogP contribution in [0.2, 0.25) is 5.02 Å².